The molecule has 118 valence electrons. The first kappa shape index (κ1) is 16.8. The second-order valence-corrected chi connectivity index (χ2v) is 8.54. The zero-order valence-corrected chi connectivity index (χ0v) is 14.3. The average Bonchev–Trinajstić information content (AvgIpc) is 2.46. The Balaban J connectivity index is 2.04. The van der Waals surface area contributed by atoms with Gasteiger partial charge in [0.1, 0.15) is 0 Å². The van der Waals surface area contributed by atoms with Gasteiger partial charge in [-0.25, -0.2) is 12.7 Å². The molecular formula is C15H24N2O2S2. The molecule has 1 heterocycles. The number of nitrogens with two attached hydrogens (primary N) is 1. The van der Waals surface area contributed by atoms with Crippen molar-refractivity contribution >= 4 is 21.8 Å². The minimum absolute atomic E-state index is 0.0295. The lowest BCUT2D eigenvalue weighted by Gasteiger charge is -2.32. The molecule has 2 rings (SSSR count). The highest BCUT2D eigenvalue weighted by Crippen LogP contribution is 2.31. The first-order valence-electron chi connectivity index (χ1n) is 7.25. The number of hydrogen-bond donors (Lipinski definition) is 1. The van der Waals surface area contributed by atoms with E-state index in [1.54, 1.807) is 16.1 Å². The van der Waals surface area contributed by atoms with E-state index in [0.717, 1.165) is 19.3 Å². The molecule has 21 heavy (non-hydrogen) atoms. The van der Waals surface area contributed by atoms with Gasteiger partial charge in [-0.2, -0.15) is 0 Å². The molecule has 4 nitrogen and oxygen atoms in total. The summed E-state index contributed by atoms with van der Waals surface area (Å²) in [6, 6.07) is 8.17. The summed E-state index contributed by atoms with van der Waals surface area (Å²) in [6.07, 6.45) is 6.16. The molecule has 1 aromatic rings. The molecule has 1 aliphatic heterocycles. The van der Waals surface area contributed by atoms with Crippen molar-refractivity contribution in [1.29, 1.82) is 0 Å². The quantitative estimate of drug-likeness (QED) is 0.844. The molecule has 0 bridgehead atoms. The van der Waals surface area contributed by atoms with Crippen LogP contribution in [0, 0.1) is 5.92 Å². The number of nitrogens with zero attached hydrogens (tertiary/aromatic N) is 1. The van der Waals surface area contributed by atoms with Crippen molar-refractivity contribution in [3.63, 3.8) is 0 Å². The smallest absolute Gasteiger partial charge is 0.211 e. The molecule has 2 N–H and O–H groups in total. The highest BCUT2D eigenvalue weighted by atomic mass is 32.2. The van der Waals surface area contributed by atoms with Gasteiger partial charge in [0.15, 0.2) is 0 Å². The maximum Gasteiger partial charge on any atom is 0.211 e. The van der Waals surface area contributed by atoms with E-state index in [1.807, 2.05) is 12.1 Å². The monoisotopic (exact) mass is 328 g/mol. The van der Waals surface area contributed by atoms with E-state index >= 15 is 0 Å². The first-order valence-corrected chi connectivity index (χ1v) is 10.3. The second-order valence-electron chi connectivity index (χ2n) is 5.71. The summed E-state index contributed by atoms with van der Waals surface area (Å²) in [4.78, 5) is 1.21. The molecule has 1 aromatic carbocycles. The molecule has 0 spiro atoms. The minimum atomic E-state index is -3.08. The van der Waals surface area contributed by atoms with Crippen LogP contribution in [0.2, 0.25) is 0 Å². The molecule has 2 unspecified atom stereocenters. The fourth-order valence-electron chi connectivity index (χ4n) is 2.98. The molecule has 6 heteroatoms. The minimum Gasteiger partial charge on any atom is -0.324 e. The number of rotatable bonds is 5. The molecule has 0 aliphatic carbocycles. The van der Waals surface area contributed by atoms with Crippen LogP contribution in [0.25, 0.3) is 0 Å². The SMILES string of the molecule is CSc1ccccc1C(N)CC1CCCN(S(C)(=O)=O)C1. The molecule has 0 radical (unpaired) electrons. The lowest BCUT2D eigenvalue weighted by Crippen LogP contribution is -2.40. The van der Waals surface area contributed by atoms with Gasteiger partial charge in [0.05, 0.1) is 6.26 Å². The zero-order chi connectivity index (χ0) is 15.5. The van der Waals surface area contributed by atoms with Gasteiger partial charge in [-0.05, 0) is 43.1 Å². The Morgan fingerprint density at radius 3 is 2.81 bits per heavy atom. The lowest BCUT2D eigenvalue weighted by atomic mass is 9.90. The van der Waals surface area contributed by atoms with E-state index in [-0.39, 0.29) is 6.04 Å². The summed E-state index contributed by atoms with van der Waals surface area (Å²) in [5.41, 5.74) is 7.54. The Morgan fingerprint density at radius 2 is 2.14 bits per heavy atom. The Kier molecular flexibility index (Phi) is 5.71. The van der Waals surface area contributed by atoms with Crippen LogP contribution >= 0.6 is 11.8 Å². The standard InChI is InChI=1S/C15H24N2O2S2/c1-20-15-8-4-3-7-13(15)14(16)10-12-6-5-9-17(11-12)21(2,18)19/h3-4,7-8,12,14H,5-6,9-11,16H2,1-2H3. The fraction of sp³-hybridized carbons (Fsp3) is 0.600. The third-order valence-electron chi connectivity index (χ3n) is 4.08. The molecule has 0 saturated carbocycles. The maximum absolute atomic E-state index is 11.7. The van der Waals surface area contributed by atoms with Crippen LogP contribution in [0.4, 0.5) is 0 Å². The number of thioether (sulfide) groups is 1. The number of sulfonamides is 1. The van der Waals surface area contributed by atoms with Crippen molar-refractivity contribution in [3.8, 4) is 0 Å². The highest BCUT2D eigenvalue weighted by Gasteiger charge is 2.27. The highest BCUT2D eigenvalue weighted by molar-refractivity contribution is 7.98. The van der Waals surface area contributed by atoms with Gasteiger partial charge < -0.3 is 5.73 Å². The van der Waals surface area contributed by atoms with Gasteiger partial charge in [0.2, 0.25) is 10.0 Å². The number of piperidine rings is 1. The van der Waals surface area contributed by atoms with E-state index in [1.165, 1.54) is 16.7 Å². The molecule has 0 aromatic heterocycles. The van der Waals surface area contributed by atoms with Crippen LogP contribution in [0.5, 0.6) is 0 Å². The van der Waals surface area contributed by atoms with E-state index < -0.39 is 10.0 Å². The van der Waals surface area contributed by atoms with Gasteiger partial charge >= 0.3 is 0 Å². The second kappa shape index (κ2) is 7.13. The largest absolute Gasteiger partial charge is 0.324 e. The molecule has 1 fully saturated rings. The van der Waals surface area contributed by atoms with E-state index in [2.05, 4.69) is 18.4 Å². The van der Waals surface area contributed by atoms with Crippen molar-refractivity contribution in [2.75, 3.05) is 25.6 Å². The summed E-state index contributed by atoms with van der Waals surface area (Å²) in [5, 5.41) is 0. The summed E-state index contributed by atoms with van der Waals surface area (Å²) >= 11 is 1.70. The summed E-state index contributed by atoms with van der Waals surface area (Å²) < 4.78 is 25.0. The fourth-order valence-corrected chi connectivity index (χ4v) is 4.59. The van der Waals surface area contributed by atoms with Crippen LogP contribution < -0.4 is 5.73 Å². The predicted molar refractivity (Wildman–Crippen MR) is 88.9 cm³/mol. The van der Waals surface area contributed by atoms with Crippen LogP contribution in [0.3, 0.4) is 0 Å². The predicted octanol–water partition coefficient (Wildman–Crippen LogP) is 2.47. The third-order valence-corrected chi connectivity index (χ3v) is 6.16. The van der Waals surface area contributed by atoms with Crippen LogP contribution in [0.15, 0.2) is 29.2 Å². The van der Waals surface area contributed by atoms with Gasteiger partial charge in [-0.15, -0.1) is 11.8 Å². The van der Waals surface area contributed by atoms with Crippen LogP contribution in [0.1, 0.15) is 30.9 Å². The summed E-state index contributed by atoms with van der Waals surface area (Å²) in [7, 11) is -3.08. The van der Waals surface area contributed by atoms with Gasteiger partial charge in [0.25, 0.3) is 0 Å². The maximum atomic E-state index is 11.7. The van der Waals surface area contributed by atoms with E-state index in [0.29, 0.717) is 19.0 Å². The summed E-state index contributed by atoms with van der Waals surface area (Å²) in [5.74, 6) is 0.346. The topological polar surface area (TPSA) is 63.4 Å². The van der Waals surface area contributed by atoms with E-state index in [9.17, 15) is 8.42 Å². The van der Waals surface area contributed by atoms with Crippen molar-refractivity contribution in [1.82, 2.24) is 4.31 Å². The lowest BCUT2D eigenvalue weighted by molar-refractivity contribution is 0.246. The first-order chi connectivity index (χ1) is 9.91. The Hall–Kier alpha value is -0.560. The molecule has 0 amide bonds. The van der Waals surface area contributed by atoms with Crippen molar-refractivity contribution in [2.24, 2.45) is 11.7 Å². The Labute approximate surface area is 132 Å². The van der Waals surface area contributed by atoms with Gasteiger partial charge in [-0.3, -0.25) is 0 Å². The zero-order valence-electron chi connectivity index (χ0n) is 12.7. The molecule has 1 saturated heterocycles. The van der Waals surface area contributed by atoms with E-state index in [4.69, 9.17) is 5.73 Å². The summed E-state index contributed by atoms with van der Waals surface area (Å²) in [6.45, 7) is 1.25. The van der Waals surface area contributed by atoms with Crippen LogP contribution in [-0.2, 0) is 10.0 Å². The van der Waals surface area contributed by atoms with Crippen molar-refractivity contribution in [3.05, 3.63) is 29.8 Å². The molecule has 1 aliphatic rings. The normalized spacial score (nSPS) is 22.1. The Morgan fingerprint density at radius 1 is 1.43 bits per heavy atom. The molecular weight excluding hydrogens is 304 g/mol. The van der Waals surface area contributed by atoms with Gasteiger partial charge in [-0.1, -0.05) is 18.2 Å². The van der Waals surface area contributed by atoms with Crippen molar-refractivity contribution in [2.45, 2.75) is 30.2 Å². The average molecular weight is 329 g/mol. The van der Waals surface area contributed by atoms with Crippen LogP contribution in [-0.4, -0.2) is 38.3 Å². The van der Waals surface area contributed by atoms with Gasteiger partial charge in [0, 0.05) is 24.0 Å². The third kappa shape index (κ3) is 4.45. The number of hydrogen-bond acceptors (Lipinski definition) is 4. The number of benzene rings is 1. The Bertz CT molecular complexity index is 575. The molecule has 2 atom stereocenters. The van der Waals surface area contributed by atoms with Crippen molar-refractivity contribution < 1.29 is 8.42 Å².